The van der Waals surface area contributed by atoms with E-state index in [0.717, 1.165) is 5.56 Å². The first-order valence-corrected chi connectivity index (χ1v) is 11.2. The average molecular weight is 486 g/mol. The summed E-state index contributed by atoms with van der Waals surface area (Å²) >= 11 is 0. The second kappa shape index (κ2) is 9.22. The molecule has 8 heteroatoms. The van der Waals surface area contributed by atoms with Crippen LogP contribution in [0.25, 0.3) is 6.08 Å². The van der Waals surface area contributed by atoms with Crippen molar-refractivity contribution in [3.63, 3.8) is 0 Å². The maximum absolute atomic E-state index is 13.2. The molecule has 36 heavy (non-hydrogen) atoms. The van der Waals surface area contributed by atoms with Crippen molar-refractivity contribution in [2.75, 3.05) is 21.3 Å². The molecular weight excluding hydrogens is 464 g/mol. The maximum Gasteiger partial charge on any atom is 0.337 e. The van der Waals surface area contributed by atoms with E-state index in [1.165, 1.54) is 7.11 Å². The Bertz CT molecular complexity index is 1420. The Hall–Kier alpha value is -4.59. The van der Waals surface area contributed by atoms with Crippen molar-refractivity contribution in [2.45, 2.75) is 12.3 Å². The molecule has 5 rings (SSSR count). The van der Waals surface area contributed by atoms with Crippen molar-refractivity contribution < 1.29 is 38.1 Å². The molecule has 0 aromatic heterocycles. The van der Waals surface area contributed by atoms with Crippen LogP contribution in [0.1, 0.15) is 49.7 Å². The number of carbonyl (C=O) groups excluding carboxylic acids is 3. The number of hydrogen-bond donors (Lipinski definition) is 0. The molecule has 0 saturated heterocycles. The maximum atomic E-state index is 13.2. The van der Waals surface area contributed by atoms with Crippen LogP contribution in [0.4, 0.5) is 0 Å². The molecule has 3 aromatic rings. The zero-order chi connectivity index (χ0) is 25.4. The van der Waals surface area contributed by atoms with Crippen LogP contribution in [-0.2, 0) is 9.53 Å². The van der Waals surface area contributed by atoms with Crippen molar-refractivity contribution in [2.24, 2.45) is 0 Å². The minimum Gasteiger partial charge on any atom is -0.497 e. The summed E-state index contributed by atoms with van der Waals surface area (Å²) in [5.74, 6) is 0.389. The lowest BCUT2D eigenvalue weighted by Crippen LogP contribution is -2.22. The lowest BCUT2D eigenvalue weighted by molar-refractivity contribution is -0.135. The summed E-state index contributed by atoms with van der Waals surface area (Å²) in [5, 5.41) is 0. The van der Waals surface area contributed by atoms with Gasteiger partial charge in [-0.2, -0.15) is 0 Å². The summed E-state index contributed by atoms with van der Waals surface area (Å²) < 4.78 is 27.2. The summed E-state index contributed by atoms with van der Waals surface area (Å²) in [7, 11) is 4.42. The van der Waals surface area contributed by atoms with Crippen molar-refractivity contribution in [3.05, 3.63) is 88.2 Å². The summed E-state index contributed by atoms with van der Waals surface area (Å²) in [6, 6.07) is 15.2. The number of rotatable bonds is 5. The van der Waals surface area contributed by atoms with Gasteiger partial charge in [-0.25, -0.2) is 4.79 Å². The van der Waals surface area contributed by atoms with E-state index >= 15 is 0 Å². The Morgan fingerprint density at radius 2 is 1.72 bits per heavy atom. The number of benzene rings is 3. The van der Waals surface area contributed by atoms with Crippen LogP contribution in [0.2, 0.25) is 0 Å². The Morgan fingerprint density at radius 1 is 0.944 bits per heavy atom. The average Bonchev–Trinajstić information content (AvgIpc) is 3.22. The number of Topliss-reactive ketones (excluding diaryl/α,β-unsaturated/α-hetero) is 1. The van der Waals surface area contributed by atoms with Gasteiger partial charge in [0.2, 0.25) is 5.78 Å². The van der Waals surface area contributed by atoms with Crippen molar-refractivity contribution in [3.8, 4) is 23.0 Å². The van der Waals surface area contributed by atoms with Gasteiger partial charge in [-0.05, 0) is 42.0 Å². The normalized spacial score (nSPS) is 17.1. The molecule has 3 aromatic carbocycles. The minimum absolute atomic E-state index is 0.0533. The molecule has 182 valence electrons. The molecule has 2 aliphatic heterocycles. The highest BCUT2D eigenvalue weighted by Crippen LogP contribution is 2.50. The van der Waals surface area contributed by atoms with Gasteiger partial charge in [-0.1, -0.05) is 18.2 Å². The number of allylic oxidation sites excluding steroid dienone is 1. The fourth-order valence-corrected chi connectivity index (χ4v) is 4.46. The molecule has 2 aliphatic rings. The second-order valence-electron chi connectivity index (χ2n) is 8.25. The van der Waals surface area contributed by atoms with Gasteiger partial charge in [0.25, 0.3) is 0 Å². The molecule has 0 bridgehead atoms. The second-order valence-corrected chi connectivity index (χ2v) is 8.25. The number of methoxy groups -OCH3 is 3. The first-order chi connectivity index (χ1) is 17.4. The molecule has 0 fully saturated rings. The zero-order valence-corrected chi connectivity index (χ0v) is 19.8. The summed E-state index contributed by atoms with van der Waals surface area (Å²) in [5.41, 5.74) is 2.80. The molecule has 8 nitrogen and oxygen atoms in total. The van der Waals surface area contributed by atoms with Crippen molar-refractivity contribution in [1.82, 2.24) is 0 Å². The van der Waals surface area contributed by atoms with Crippen LogP contribution in [0, 0.1) is 0 Å². The third kappa shape index (κ3) is 3.96. The lowest BCUT2D eigenvalue weighted by Gasteiger charge is -2.27. The molecule has 2 heterocycles. The van der Waals surface area contributed by atoms with Crippen LogP contribution in [0.5, 0.6) is 23.0 Å². The molecule has 0 aliphatic carbocycles. The summed E-state index contributed by atoms with van der Waals surface area (Å²) in [6.45, 7) is 0. The SMILES string of the molecule is COC(=O)c1ccc(C=C2Oc3c(ccc4c3C(c3ccc(OC)cc3OC)CC(=O)O4)C2=O)cc1. The molecule has 0 saturated carbocycles. The first kappa shape index (κ1) is 23.2. The van der Waals surface area contributed by atoms with Gasteiger partial charge in [0.15, 0.2) is 5.76 Å². The highest BCUT2D eigenvalue weighted by atomic mass is 16.5. The number of esters is 2. The van der Waals surface area contributed by atoms with E-state index in [-0.39, 0.29) is 18.0 Å². The van der Waals surface area contributed by atoms with Crippen LogP contribution < -0.4 is 18.9 Å². The predicted molar refractivity (Wildman–Crippen MR) is 129 cm³/mol. The van der Waals surface area contributed by atoms with Gasteiger partial charge in [0.1, 0.15) is 23.0 Å². The Balaban J connectivity index is 1.56. The highest BCUT2D eigenvalue weighted by molar-refractivity contribution is 6.15. The summed E-state index contributed by atoms with van der Waals surface area (Å²) in [6.07, 6.45) is 1.66. The van der Waals surface area contributed by atoms with E-state index in [1.807, 2.05) is 6.07 Å². The largest absolute Gasteiger partial charge is 0.497 e. The lowest BCUT2D eigenvalue weighted by atomic mass is 9.84. The smallest absolute Gasteiger partial charge is 0.337 e. The van der Waals surface area contributed by atoms with Crippen molar-refractivity contribution in [1.29, 1.82) is 0 Å². The quantitative estimate of drug-likeness (QED) is 0.294. The monoisotopic (exact) mass is 486 g/mol. The van der Waals surface area contributed by atoms with Crippen LogP contribution in [0.15, 0.2) is 60.4 Å². The zero-order valence-electron chi connectivity index (χ0n) is 19.8. The first-order valence-electron chi connectivity index (χ1n) is 11.2. The molecule has 1 atom stereocenters. The Labute approximate surface area is 207 Å². The Morgan fingerprint density at radius 3 is 2.42 bits per heavy atom. The van der Waals surface area contributed by atoms with Gasteiger partial charge >= 0.3 is 11.9 Å². The highest BCUT2D eigenvalue weighted by Gasteiger charge is 2.39. The molecular formula is C28H22O8. The van der Waals surface area contributed by atoms with Crippen molar-refractivity contribution >= 4 is 23.8 Å². The van der Waals surface area contributed by atoms with E-state index in [4.69, 9.17) is 23.7 Å². The molecule has 0 N–H and O–H groups in total. The van der Waals surface area contributed by atoms with E-state index < -0.39 is 17.9 Å². The van der Waals surface area contributed by atoms with Gasteiger partial charge < -0.3 is 23.7 Å². The fraction of sp³-hybridized carbons (Fsp3) is 0.179. The molecule has 1 unspecified atom stereocenters. The summed E-state index contributed by atoms with van der Waals surface area (Å²) in [4.78, 5) is 37.4. The Kier molecular flexibility index (Phi) is 5.93. The molecule has 0 spiro atoms. The minimum atomic E-state index is -0.455. The van der Waals surface area contributed by atoms with Crippen LogP contribution >= 0.6 is 0 Å². The third-order valence-corrected chi connectivity index (χ3v) is 6.23. The number of ether oxygens (including phenoxy) is 5. The van der Waals surface area contributed by atoms with E-state index in [0.29, 0.717) is 45.3 Å². The molecule has 0 amide bonds. The van der Waals surface area contributed by atoms with E-state index in [1.54, 1.807) is 68.8 Å². The van der Waals surface area contributed by atoms with Gasteiger partial charge in [0, 0.05) is 23.1 Å². The third-order valence-electron chi connectivity index (χ3n) is 6.23. The number of carbonyl (C=O) groups is 3. The van der Waals surface area contributed by atoms with Crippen LogP contribution in [-0.4, -0.2) is 39.1 Å². The number of hydrogen-bond acceptors (Lipinski definition) is 8. The van der Waals surface area contributed by atoms with Gasteiger partial charge in [-0.15, -0.1) is 0 Å². The van der Waals surface area contributed by atoms with Gasteiger partial charge in [0.05, 0.1) is 38.9 Å². The number of fused-ring (bicyclic) bond motifs is 3. The fourth-order valence-electron chi connectivity index (χ4n) is 4.46. The standard InChI is InChI=1S/C28H22O8/c1-32-17-8-9-18(22(13-17)33-2)20-14-24(29)35-21-11-10-19-26(30)23(36-27(19)25(20)21)12-15-4-6-16(7-5-15)28(31)34-3/h4-13,20H,14H2,1-3H3. The molecule has 0 radical (unpaired) electrons. The van der Waals surface area contributed by atoms with Gasteiger partial charge in [-0.3, -0.25) is 9.59 Å². The predicted octanol–water partition coefficient (Wildman–Crippen LogP) is 4.55. The van der Waals surface area contributed by atoms with E-state index in [2.05, 4.69) is 0 Å². The topological polar surface area (TPSA) is 97.4 Å². The van der Waals surface area contributed by atoms with Crippen LogP contribution in [0.3, 0.4) is 0 Å². The number of ketones is 1. The van der Waals surface area contributed by atoms with E-state index in [9.17, 15) is 14.4 Å².